The Hall–Kier alpha value is 0.240. The van der Waals surface area contributed by atoms with E-state index in [9.17, 15) is 0 Å². The Kier molecular flexibility index (Phi) is 4.23. The summed E-state index contributed by atoms with van der Waals surface area (Å²) in [6, 6.07) is 0. The highest BCUT2D eigenvalue weighted by Crippen LogP contribution is 2.13. The largest absolute Gasteiger partial charge is 0.387 e. The molecule has 4 heteroatoms. The minimum atomic E-state index is 0. The van der Waals surface area contributed by atoms with Crippen LogP contribution >= 0.6 is 28.3 Å². The summed E-state index contributed by atoms with van der Waals surface area (Å²) >= 11 is 3.47. The number of nitrogens with two attached hydrogens (primary N) is 1. The average Bonchev–Trinajstić information content (AvgIpc) is 1.64. The minimum absolute atomic E-state index is 0. The maximum Gasteiger partial charge on any atom is 0.0948 e. The van der Waals surface area contributed by atoms with Crippen LogP contribution in [0.5, 0.6) is 0 Å². The smallest absolute Gasteiger partial charge is 0.0948 e. The van der Waals surface area contributed by atoms with Gasteiger partial charge in [0.15, 0.2) is 0 Å². The van der Waals surface area contributed by atoms with Crippen LogP contribution in [0, 0.1) is 0 Å². The first-order valence-electron chi connectivity index (χ1n) is 2.72. The van der Waals surface area contributed by atoms with E-state index in [1.165, 1.54) is 0 Å². The van der Waals surface area contributed by atoms with Crippen molar-refractivity contribution < 1.29 is 0 Å². The van der Waals surface area contributed by atoms with E-state index in [-0.39, 0.29) is 12.4 Å². The highest BCUT2D eigenvalue weighted by atomic mass is 79.9. The van der Waals surface area contributed by atoms with E-state index in [0.29, 0.717) is 4.83 Å². The van der Waals surface area contributed by atoms with Gasteiger partial charge in [-0.3, -0.25) is 4.99 Å². The number of aliphatic imine (C=N–C) groups is 1. The Bertz CT molecular complexity index is 116. The summed E-state index contributed by atoms with van der Waals surface area (Å²) in [5.74, 6) is 0.790. The zero-order valence-corrected chi connectivity index (χ0v) is 7.41. The molecular weight excluding hydrogens is 203 g/mol. The van der Waals surface area contributed by atoms with Crippen molar-refractivity contribution in [3.8, 4) is 0 Å². The molecule has 1 aliphatic heterocycles. The Labute approximate surface area is 69.4 Å². The third kappa shape index (κ3) is 3.06. The van der Waals surface area contributed by atoms with Gasteiger partial charge < -0.3 is 5.73 Å². The van der Waals surface area contributed by atoms with Crippen molar-refractivity contribution in [3.05, 3.63) is 0 Å². The number of halogens is 2. The number of amidine groups is 1. The predicted octanol–water partition coefficient (Wildman–Crippen LogP) is 1.32. The molecule has 2 nitrogen and oxygen atoms in total. The summed E-state index contributed by atoms with van der Waals surface area (Å²) in [6.45, 7) is 0.891. The molecule has 9 heavy (non-hydrogen) atoms. The molecule has 0 bridgehead atoms. The Morgan fingerprint density at radius 2 is 2.33 bits per heavy atom. The van der Waals surface area contributed by atoms with Gasteiger partial charge in [0.2, 0.25) is 0 Å². The molecule has 0 radical (unpaired) electrons. The second-order valence-electron chi connectivity index (χ2n) is 1.96. The zero-order chi connectivity index (χ0) is 5.98. The third-order valence-electron chi connectivity index (χ3n) is 1.19. The van der Waals surface area contributed by atoms with Crippen molar-refractivity contribution in [3.63, 3.8) is 0 Å². The van der Waals surface area contributed by atoms with E-state index in [1.807, 2.05) is 0 Å². The molecule has 1 aliphatic rings. The molecule has 0 fully saturated rings. The number of hydrogen-bond acceptors (Lipinski definition) is 2. The van der Waals surface area contributed by atoms with Crippen molar-refractivity contribution in [1.82, 2.24) is 0 Å². The molecule has 0 aromatic heterocycles. The predicted molar refractivity (Wildman–Crippen MR) is 45.7 cm³/mol. The van der Waals surface area contributed by atoms with Crippen molar-refractivity contribution in [2.24, 2.45) is 10.7 Å². The topological polar surface area (TPSA) is 38.4 Å². The van der Waals surface area contributed by atoms with Crippen molar-refractivity contribution in [1.29, 1.82) is 0 Å². The second kappa shape index (κ2) is 4.12. The average molecular weight is 214 g/mol. The highest BCUT2D eigenvalue weighted by molar-refractivity contribution is 9.09. The lowest BCUT2D eigenvalue weighted by Gasteiger charge is -2.12. The van der Waals surface area contributed by atoms with Gasteiger partial charge in [0.25, 0.3) is 0 Å². The first-order chi connectivity index (χ1) is 3.79. The Morgan fingerprint density at radius 1 is 1.67 bits per heavy atom. The lowest BCUT2D eigenvalue weighted by Crippen LogP contribution is -2.22. The van der Waals surface area contributed by atoms with Crippen LogP contribution in [0.2, 0.25) is 0 Å². The lowest BCUT2D eigenvalue weighted by atomic mass is 10.2. The fraction of sp³-hybridized carbons (Fsp3) is 0.800. The van der Waals surface area contributed by atoms with Gasteiger partial charge in [-0.05, 0) is 6.42 Å². The Morgan fingerprint density at radius 3 is 2.67 bits per heavy atom. The molecule has 1 unspecified atom stereocenters. The molecule has 1 atom stereocenters. The van der Waals surface area contributed by atoms with Gasteiger partial charge >= 0.3 is 0 Å². The molecule has 54 valence electrons. The van der Waals surface area contributed by atoms with Crippen molar-refractivity contribution >= 4 is 34.2 Å². The summed E-state index contributed by atoms with van der Waals surface area (Å²) in [6.07, 6.45) is 2.04. The van der Waals surface area contributed by atoms with Gasteiger partial charge in [0.05, 0.1) is 5.84 Å². The van der Waals surface area contributed by atoms with Gasteiger partial charge in [0, 0.05) is 17.8 Å². The van der Waals surface area contributed by atoms with Crippen LogP contribution in [-0.4, -0.2) is 17.2 Å². The first kappa shape index (κ1) is 9.24. The fourth-order valence-corrected chi connectivity index (χ4v) is 1.28. The fourth-order valence-electron chi connectivity index (χ4n) is 0.742. The van der Waals surface area contributed by atoms with E-state index >= 15 is 0 Å². The van der Waals surface area contributed by atoms with E-state index in [0.717, 1.165) is 25.2 Å². The van der Waals surface area contributed by atoms with Gasteiger partial charge in [-0.25, -0.2) is 0 Å². The molecule has 2 N–H and O–H groups in total. The van der Waals surface area contributed by atoms with Crippen LogP contribution in [0.1, 0.15) is 12.8 Å². The second-order valence-corrected chi connectivity index (χ2v) is 3.26. The first-order valence-corrected chi connectivity index (χ1v) is 3.63. The molecule has 1 heterocycles. The standard InChI is InChI=1S/C5H9BrN2.ClH/c6-4-1-2-8-5(7)3-4;/h4H,1-3H2,(H2,7,8);1H. The van der Waals surface area contributed by atoms with E-state index in [2.05, 4.69) is 20.9 Å². The molecule has 1 rings (SSSR count). The van der Waals surface area contributed by atoms with Gasteiger partial charge in [-0.2, -0.15) is 0 Å². The Balaban J connectivity index is 0.000000640. The van der Waals surface area contributed by atoms with Gasteiger partial charge in [-0.15, -0.1) is 12.4 Å². The molecular formula is C5H10BrClN2. The minimum Gasteiger partial charge on any atom is -0.387 e. The lowest BCUT2D eigenvalue weighted by molar-refractivity contribution is 0.760. The van der Waals surface area contributed by atoms with Gasteiger partial charge in [0.1, 0.15) is 0 Å². The van der Waals surface area contributed by atoms with Gasteiger partial charge in [-0.1, -0.05) is 15.9 Å². The summed E-state index contributed by atoms with van der Waals surface area (Å²) in [7, 11) is 0. The molecule has 0 saturated heterocycles. The molecule has 0 spiro atoms. The SMILES string of the molecule is Cl.NC1=NCCC(Br)C1. The quantitative estimate of drug-likeness (QED) is 0.606. The van der Waals surface area contributed by atoms with Crippen LogP contribution < -0.4 is 5.73 Å². The summed E-state index contributed by atoms with van der Waals surface area (Å²) in [5.41, 5.74) is 5.45. The van der Waals surface area contributed by atoms with Crippen LogP contribution in [0.15, 0.2) is 4.99 Å². The van der Waals surface area contributed by atoms with Crippen LogP contribution in [0.3, 0.4) is 0 Å². The van der Waals surface area contributed by atoms with Crippen molar-refractivity contribution in [2.75, 3.05) is 6.54 Å². The maximum absolute atomic E-state index is 5.45. The third-order valence-corrected chi connectivity index (χ3v) is 1.97. The normalized spacial score (nSPS) is 26.3. The number of alkyl halides is 1. The molecule has 0 aromatic carbocycles. The molecule has 0 amide bonds. The van der Waals surface area contributed by atoms with E-state index in [4.69, 9.17) is 5.73 Å². The summed E-state index contributed by atoms with van der Waals surface area (Å²) in [5, 5.41) is 0. The summed E-state index contributed by atoms with van der Waals surface area (Å²) in [4.78, 5) is 4.61. The van der Waals surface area contributed by atoms with Crippen LogP contribution in [0.25, 0.3) is 0 Å². The van der Waals surface area contributed by atoms with Crippen LogP contribution in [0.4, 0.5) is 0 Å². The number of hydrogen-bond donors (Lipinski definition) is 1. The monoisotopic (exact) mass is 212 g/mol. The van der Waals surface area contributed by atoms with Crippen molar-refractivity contribution in [2.45, 2.75) is 17.7 Å². The number of nitrogens with zero attached hydrogens (tertiary/aromatic N) is 1. The van der Waals surface area contributed by atoms with E-state index < -0.39 is 0 Å². The molecule has 0 saturated carbocycles. The molecule has 0 aliphatic carbocycles. The van der Waals surface area contributed by atoms with E-state index in [1.54, 1.807) is 0 Å². The number of rotatable bonds is 0. The molecule has 0 aromatic rings. The van der Waals surface area contributed by atoms with Crippen LogP contribution in [-0.2, 0) is 0 Å². The maximum atomic E-state index is 5.45. The highest BCUT2D eigenvalue weighted by Gasteiger charge is 2.09. The zero-order valence-electron chi connectivity index (χ0n) is 5.01. The summed E-state index contributed by atoms with van der Waals surface area (Å²) < 4.78 is 0.